The van der Waals surface area contributed by atoms with Crippen LogP contribution < -0.4 is 4.74 Å². The first-order valence-electron chi connectivity index (χ1n) is 7.57. The number of rotatable bonds is 5. The van der Waals surface area contributed by atoms with Gasteiger partial charge in [-0.1, -0.05) is 25.1 Å². The molecule has 0 aliphatic heterocycles. The number of aliphatic carboxylic acids is 1. The van der Waals surface area contributed by atoms with Crippen molar-refractivity contribution >= 4 is 5.97 Å². The lowest BCUT2D eigenvalue weighted by Crippen LogP contribution is -2.44. The Balaban J connectivity index is 2.13. The molecule has 0 radical (unpaired) electrons. The Hall–Kier alpha value is -1.55. The van der Waals surface area contributed by atoms with E-state index >= 15 is 0 Å². The maximum Gasteiger partial charge on any atom is 0.308 e. The molecule has 1 aromatic rings. The fraction of sp³-hybridized carbons (Fsp3) is 0.588. The molecule has 116 valence electrons. The van der Waals surface area contributed by atoms with Gasteiger partial charge < -0.3 is 9.84 Å². The number of carbonyl (C=O) groups is 1. The number of nitrogens with zero attached hydrogens (tertiary/aromatic N) is 1. The van der Waals surface area contributed by atoms with Crippen molar-refractivity contribution in [1.82, 2.24) is 4.90 Å². The second-order valence-corrected chi connectivity index (χ2v) is 6.16. The van der Waals surface area contributed by atoms with Gasteiger partial charge in [0.15, 0.2) is 0 Å². The number of hydrogen-bond donors (Lipinski definition) is 1. The average molecular weight is 291 g/mol. The topological polar surface area (TPSA) is 49.8 Å². The second-order valence-electron chi connectivity index (χ2n) is 6.16. The molecule has 2 rings (SSSR count). The van der Waals surface area contributed by atoms with E-state index in [0.29, 0.717) is 12.5 Å². The molecule has 0 heterocycles. The maximum atomic E-state index is 11.5. The highest BCUT2D eigenvalue weighted by atomic mass is 16.5. The van der Waals surface area contributed by atoms with E-state index in [1.807, 2.05) is 31.3 Å². The number of para-hydroxylation sites is 1. The highest BCUT2D eigenvalue weighted by molar-refractivity contribution is 5.71. The van der Waals surface area contributed by atoms with E-state index in [-0.39, 0.29) is 12.0 Å². The molecule has 0 spiro atoms. The molecule has 4 nitrogen and oxygen atoms in total. The number of ether oxygens (including phenoxy) is 1. The van der Waals surface area contributed by atoms with Crippen molar-refractivity contribution in [2.75, 3.05) is 14.2 Å². The van der Waals surface area contributed by atoms with Crippen molar-refractivity contribution in [2.24, 2.45) is 11.8 Å². The molecule has 1 N–H and O–H groups in total. The summed E-state index contributed by atoms with van der Waals surface area (Å²) in [5, 5.41) is 9.46. The van der Waals surface area contributed by atoms with Gasteiger partial charge in [0.25, 0.3) is 0 Å². The van der Waals surface area contributed by atoms with Gasteiger partial charge in [0.05, 0.1) is 13.0 Å². The lowest BCUT2D eigenvalue weighted by molar-refractivity contribution is -0.146. The van der Waals surface area contributed by atoms with Crippen molar-refractivity contribution in [3.05, 3.63) is 29.8 Å². The molecule has 0 amide bonds. The normalized spacial score (nSPS) is 25.8. The number of hydrogen-bond acceptors (Lipinski definition) is 3. The van der Waals surface area contributed by atoms with Crippen LogP contribution in [-0.4, -0.2) is 36.2 Å². The first kappa shape index (κ1) is 15.8. The van der Waals surface area contributed by atoms with Crippen LogP contribution in [0.25, 0.3) is 0 Å². The molecule has 0 bridgehead atoms. The molecule has 1 aromatic carbocycles. The highest BCUT2D eigenvalue weighted by Gasteiger charge is 2.36. The number of methoxy groups -OCH3 is 1. The van der Waals surface area contributed by atoms with Gasteiger partial charge >= 0.3 is 5.97 Å². The van der Waals surface area contributed by atoms with Gasteiger partial charge in [-0.05, 0) is 38.3 Å². The predicted molar refractivity (Wildman–Crippen MR) is 82.4 cm³/mol. The third-order valence-corrected chi connectivity index (χ3v) is 4.57. The Morgan fingerprint density at radius 2 is 2.10 bits per heavy atom. The van der Waals surface area contributed by atoms with Gasteiger partial charge in [0, 0.05) is 18.2 Å². The average Bonchev–Trinajstić information content (AvgIpc) is 2.47. The zero-order valence-electron chi connectivity index (χ0n) is 13.1. The van der Waals surface area contributed by atoms with Crippen LogP contribution in [0.1, 0.15) is 31.7 Å². The molecule has 4 heteroatoms. The summed E-state index contributed by atoms with van der Waals surface area (Å²) in [7, 11) is 3.69. The lowest BCUT2D eigenvalue weighted by atomic mass is 9.78. The molecule has 1 aliphatic rings. The predicted octanol–water partition coefficient (Wildman–Crippen LogP) is 3.02. The zero-order chi connectivity index (χ0) is 15.4. The SMILES string of the molecule is COc1ccccc1CN(C)C1CC(C)CCC1C(=O)O. The van der Waals surface area contributed by atoms with E-state index in [4.69, 9.17) is 4.74 Å². The third-order valence-electron chi connectivity index (χ3n) is 4.57. The van der Waals surface area contributed by atoms with E-state index in [9.17, 15) is 9.90 Å². The van der Waals surface area contributed by atoms with Gasteiger partial charge in [-0.2, -0.15) is 0 Å². The van der Waals surface area contributed by atoms with Crippen LogP contribution in [0, 0.1) is 11.8 Å². The van der Waals surface area contributed by atoms with Crippen molar-refractivity contribution < 1.29 is 14.6 Å². The molecule has 3 atom stereocenters. The van der Waals surface area contributed by atoms with Crippen LogP contribution in [0.4, 0.5) is 0 Å². The summed E-state index contributed by atoms with van der Waals surface area (Å²) in [6, 6.07) is 8.02. The zero-order valence-corrected chi connectivity index (χ0v) is 13.1. The monoisotopic (exact) mass is 291 g/mol. The number of carboxylic acid groups (broad SMARTS) is 1. The van der Waals surface area contributed by atoms with Crippen LogP contribution in [0.2, 0.25) is 0 Å². The van der Waals surface area contributed by atoms with Gasteiger partial charge in [0.2, 0.25) is 0 Å². The summed E-state index contributed by atoms with van der Waals surface area (Å²) in [6.45, 7) is 2.92. The van der Waals surface area contributed by atoms with Crippen molar-refractivity contribution in [3.8, 4) is 5.75 Å². The quantitative estimate of drug-likeness (QED) is 0.906. The minimum absolute atomic E-state index is 0.0937. The Bertz CT molecular complexity index is 489. The van der Waals surface area contributed by atoms with Crippen LogP contribution in [0.3, 0.4) is 0 Å². The fourth-order valence-electron chi connectivity index (χ4n) is 3.35. The second kappa shape index (κ2) is 6.94. The first-order valence-corrected chi connectivity index (χ1v) is 7.57. The van der Waals surface area contributed by atoms with E-state index < -0.39 is 5.97 Å². The van der Waals surface area contributed by atoms with Gasteiger partial charge in [0.1, 0.15) is 5.75 Å². The smallest absolute Gasteiger partial charge is 0.308 e. The van der Waals surface area contributed by atoms with Crippen molar-refractivity contribution in [1.29, 1.82) is 0 Å². The molecule has 1 aliphatic carbocycles. The standard InChI is InChI=1S/C17H25NO3/c1-12-8-9-14(17(19)20)15(10-12)18(2)11-13-6-4-5-7-16(13)21-3/h4-7,12,14-15H,8-11H2,1-3H3,(H,19,20). The molecular formula is C17H25NO3. The Morgan fingerprint density at radius 3 is 2.76 bits per heavy atom. The maximum absolute atomic E-state index is 11.5. The molecule has 1 saturated carbocycles. The highest BCUT2D eigenvalue weighted by Crippen LogP contribution is 2.33. The van der Waals surface area contributed by atoms with Gasteiger partial charge in [-0.15, -0.1) is 0 Å². The fourth-order valence-corrected chi connectivity index (χ4v) is 3.35. The van der Waals surface area contributed by atoms with Gasteiger partial charge in [-0.25, -0.2) is 0 Å². The Labute approximate surface area is 126 Å². The summed E-state index contributed by atoms with van der Waals surface area (Å²) >= 11 is 0. The van der Waals surface area contributed by atoms with Crippen LogP contribution in [0.5, 0.6) is 5.75 Å². The van der Waals surface area contributed by atoms with E-state index in [0.717, 1.165) is 30.6 Å². The lowest BCUT2D eigenvalue weighted by Gasteiger charge is -2.38. The molecular weight excluding hydrogens is 266 g/mol. The van der Waals surface area contributed by atoms with Crippen molar-refractivity contribution in [3.63, 3.8) is 0 Å². The molecule has 0 aromatic heterocycles. The summed E-state index contributed by atoms with van der Waals surface area (Å²) in [6.07, 6.45) is 2.73. The summed E-state index contributed by atoms with van der Waals surface area (Å²) in [5.74, 6) is 0.519. The van der Waals surface area contributed by atoms with Gasteiger partial charge in [-0.3, -0.25) is 9.69 Å². The van der Waals surface area contributed by atoms with E-state index in [1.165, 1.54) is 0 Å². The molecule has 21 heavy (non-hydrogen) atoms. The number of carboxylic acids is 1. The Kier molecular flexibility index (Phi) is 5.23. The first-order chi connectivity index (χ1) is 10.0. The Morgan fingerprint density at radius 1 is 1.38 bits per heavy atom. The minimum Gasteiger partial charge on any atom is -0.496 e. The van der Waals surface area contributed by atoms with Crippen LogP contribution in [0.15, 0.2) is 24.3 Å². The summed E-state index contributed by atoms with van der Waals surface area (Å²) in [5.41, 5.74) is 1.10. The number of benzene rings is 1. The molecule has 1 fully saturated rings. The third kappa shape index (κ3) is 3.76. The molecule has 0 saturated heterocycles. The van der Waals surface area contributed by atoms with Crippen LogP contribution in [-0.2, 0) is 11.3 Å². The minimum atomic E-state index is -0.668. The summed E-state index contributed by atoms with van der Waals surface area (Å²) in [4.78, 5) is 13.7. The van der Waals surface area contributed by atoms with Crippen molar-refractivity contribution in [2.45, 2.75) is 38.8 Å². The largest absolute Gasteiger partial charge is 0.496 e. The van der Waals surface area contributed by atoms with E-state index in [1.54, 1.807) is 7.11 Å². The summed E-state index contributed by atoms with van der Waals surface area (Å²) < 4.78 is 5.39. The van der Waals surface area contributed by atoms with Crippen LogP contribution >= 0.6 is 0 Å². The molecule has 3 unspecified atom stereocenters. The van der Waals surface area contributed by atoms with E-state index in [2.05, 4.69) is 11.8 Å².